The van der Waals surface area contributed by atoms with Crippen molar-refractivity contribution in [1.29, 1.82) is 0 Å². The number of ether oxygens (including phenoxy) is 1. The van der Waals surface area contributed by atoms with Crippen molar-refractivity contribution in [3.8, 4) is 5.88 Å². The zero-order valence-corrected chi connectivity index (χ0v) is 13.8. The summed E-state index contributed by atoms with van der Waals surface area (Å²) in [5.41, 5.74) is 8.53. The molecule has 21 heavy (non-hydrogen) atoms. The molecule has 1 aromatic rings. The lowest BCUT2D eigenvalue weighted by Crippen LogP contribution is -2.44. The van der Waals surface area contributed by atoms with E-state index in [0.717, 1.165) is 25.1 Å². The zero-order chi connectivity index (χ0) is 15.4. The van der Waals surface area contributed by atoms with Gasteiger partial charge in [0.2, 0.25) is 5.88 Å². The minimum absolute atomic E-state index is 0.0118. The van der Waals surface area contributed by atoms with Gasteiger partial charge in [-0.25, -0.2) is 4.98 Å². The van der Waals surface area contributed by atoms with Gasteiger partial charge >= 0.3 is 0 Å². The fourth-order valence-electron chi connectivity index (χ4n) is 3.36. The van der Waals surface area contributed by atoms with Crippen molar-refractivity contribution < 1.29 is 4.74 Å². The van der Waals surface area contributed by atoms with Gasteiger partial charge < -0.3 is 15.4 Å². The molecule has 1 aliphatic rings. The molecule has 1 aliphatic heterocycles. The normalized spacial score (nSPS) is 22.8. The summed E-state index contributed by atoms with van der Waals surface area (Å²) in [7, 11) is 1.65. The second kappa shape index (κ2) is 7.12. The summed E-state index contributed by atoms with van der Waals surface area (Å²) < 4.78 is 5.25. The number of rotatable bonds is 6. The molecule has 0 amide bonds. The number of fused-ring (bicyclic) bond motifs is 1. The van der Waals surface area contributed by atoms with Crippen LogP contribution in [-0.2, 0) is 0 Å². The number of hydrogen-bond acceptors (Lipinski definition) is 4. The van der Waals surface area contributed by atoms with Crippen LogP contribution in [0.4, 0.5) is 5.69 Å². The first-order chi connectivity index (χ1) is 10.1. The summed E-state index contributed by atoms with van der Waals surface area (Å²) >= 11 is 0. The first-order valence-corrected chi connectivity index (χ1v) is 8.17. The summed E-state index contributed by atoms with van der Waals surface area (Å²) in [6.07, 6.45) is 4.59. The Bertz CT molecular complexity index is 463. The molecule has 0 fully saturated rings. The van der Waals surface area contributed by atoms with Crippen LogP contribution in [0.3, 0.4) is 0 Å². The Morgan fingerprint density at radius 2 is 2.19 bits per heavy atom. The number of anilines is 1. The molecule has 2 rings (SSSR count). The summed E-state index contributed by atoms with van der Waals surface area (Å²) in [5.74, 6) is 1.34. The van der Waals surface area contributed by atoms with E-state index in [9.17, 15) is 0 Å². The molecule has 0 spiro atoms. The molecule has 4 nitrogen and oxygen atoms in total. The number of pyridine rings is 1. The van der Waals surface area contributed by atoms with Gasteiger partial charge in [-0.2, -0.15) is 0 Å². The molecule has 3 atom stereocenters. The Morgan fingerprint density at radius 1 is 1.43 bits per heavy atom. The quantitative estimate of drug-likeness (QED) is 0.871. The SMILES string of the molecule is CCCC(C)CN1c2ccc(OC)nc2C(N)CC1CC. The maximum atomic E-state index is 6.34. The third kappa shape index (κ3) is 3.49. The van der Waals surface area contributed by atoms with Gasteiger partial charge in [-0.05, 0) is 31.2 Å². The van der Waals surface area contributed by atoms with E-state index in [4.69, 9.17) is 10.5 Å². The molecule has 4 heteroatoms. The number of hydrogen-bond donors (Lipinski definition) is 1. The fraction of sp³-hybridized carbons (Fsp3) is 0.706. The average Bonchev–Trinajstić information content (AvgIpc) is 2.49. The molecule has 0 saturated heterocycles. The lowest BCUT2D eigenvalue weighted by Gasteiger charge is -2.41. The number of nitrogens with zero attached hydrogens (tertiary/aromatic N) is 2. The van der Waals surface area contributed by atoms with E-state index < -0.39 is 0 Å². The van der Waals surface area contributed by atoms with E-state index in [1.54, 1.807) is 7.11 Å². The molecular weight excluding hydrogens is 262 g/mol. The van der Waals surface area contributed by atoms with Crippen LogP contribution in [0.25, 0.3) is 0 Å². The van der Waals surface area contributed by atoms with Gasteiger partial charge in [0.05, 0.1) is 24.5 Å². The van der Waals surface area contributed by atoms with Gasteiger partial charge in [0.1, 0.15) is 0 Å². The van der Waals surface area contributed by atoms with Crippen LogP contribution in [0.5, 0.6) is 5.88 Å². The minimum Gasteiger partial charge on any atom is -0.481 e. The van der Waals surface area contributed by atoms with Gasteiger partial charge in [-0.1, -0.05) is 27.2 Å². The van der Waals surface area contributed by atoms with E-state index in [1.165, 1.54) is 18.5 Å². The summed E-state index contributed by atoms with van der Waals surface area (Å²) in [4.78, 5) is 7.12. The van der Waals surface area contributed by atoms with Crippen LogP contribution in [0.15, 0.2) is 12.1 Å². The molecular formula is C17H29N3O. The van der Waals surface area contributed by atoms with Crippen molar-refractivity contribution in [2.75, 3.05) is 18.6 Å². The molecule has 0 bridgehead atoms. The lowest BCUT2D eigenvalue weighted by molar-refractivity contribution is 0.383. The number of methoxy groups -OCH3 is 1. The van der Waals surface area contributed by atoms with E-state index in [2.05, 4.69) is 36.7 Å². The van der Waals surface area contributed by atoms with Gasteiger partial charge in [-0.3, -0.25) is 0 Å². The third-order valence-corrected chi connectivity index (χ3v) is 4.47. The predicted molar refractivity (Wildman–Crippen MR) is 87.8 cm³/mol. The molecule has 0 aliphatic carbocycles. The summed E-state index contributed by atoms with van der Waals surface area (Å²) in [6.45, 7) is 7.92. The molecule has 2 N–H and O–H groups in total. The standard InChI is InChI=1S/C17H29N3O/c1-5-7-12(3)11-20-13(6-2)10-14(18)17-15(20)8-9-16(19-17)21-4/h8-9,12-14H,5-7,10-11,18H2,1-4H3. The van der Waals surface area contributed by atoms with Gasteiger partial charge in [0, 0.05) is 18.7 Å². The molecule has 0 saturated carbocycles. The molecule has 118 valence electrons. The summed E-state index contributed by atoms with van der Waals surface area (Å²) in [5, 5.41) is 0. The maximum Gasteiger partial charge on any atom is 0.213 e. The van der Waals surface area contributed by atoms with E-state index in [0.29, 0.717) is 17.8 Å². The lowest BCUT2D eigenvalue weighted by atomic mass is 9.92. The zero-order valence-electron chi connectivity index (χ0n) is 13.8. The number of nitrogens with two attached hydrogens (primary N) is 1. The largest absolute Gasteiger partial charge is 0.481 e. The van der Waals surface area contributed by atoms with Gasteiger partial charge in [0.15, 0.2) is 0 Å². The Balaban J connectivity index is 2.31. The highest BCUT2D eigenvalue weighted by atomic mass is 16.5. The Labute approximate surface area is 128 Å². The highest BCUT2D eigenvalue weighted by Gasteiger charge is 2.31. The second-order valence-electron chi connectivity index (χ2n) is 6.21. The Kier molecular flexibility index (Phi) is 5.45. The minimum atomic E-state index is 0.0118. The number of aromatic nitrogens is 1. The van der Waals surface area contributed by atoms with Crippen LogP contribution < -0.4 is 15.4 Å². The van der Waals surface area contributed by atoms with Crippen LogP contribution in [0, 0.1) is 5.92 Å². The second-order valence-corrected chi connectivity index (χ2v) is 6.21. The molecule has 0 aromatic carbocycles. The van der Waals surface area contributed by atoms with Crippen LogP contribution in [0.1, 0.15) is 58.2 Å². The first kappa shape index (κ1) is 16.1. The van der Waals surface area contributed by atoms with Crippen LogP contribution >= 0.6 is 0 Å². The van der Waals surface area contributed by atoms with Crippen LogP contribution in [-0.4, -0.2) is 24.7 Å². The highest BCUT2D eigenvalue weighted by molar-refractivity contribution is 5.56. The van der Waals surface area contributed by atoms with E-state index in [1.807, 2.05) is 6.07 Å². The van der Waals surface area contributed by atoms with Crippen molar-refractivity contribution in [3.63, 3.8) is 0 Å². The van der Waals surface area contributed by atoms with E-state index in [-0.39, 0.29) is 6.04 Å². The van der Waals surface area contributed by atoms with Crippen molar-refractivity contribution in [1.82, 2.24) is 4.98 Å². The van der Waals surface area contributed by atoms with Gasteiger partial charge in [-0.15, -0.1) is 0 Å². The Morgan fingerprint density at radius 3 is 2.81 bits per heavy atom. The smallest absolute Gasteiger partial charge is 0.213 e. The third-order valence-electron chi connectivity index (χ3n) is 4.47. The van der Waals surface area contributed by atoms with Gasteiger partial charge in [0.25, 0.3) is 0 Å². The van der Waals surface area contributed by atoms with Crippen molar-refractivity contribution in [2.24, 2.45) is 11.7 Å². The van der Waals surface area contributed by atoms with Crippen molar-refractivity contribution in [3.05, 3.63) is 17.8 Å². The van der Waals surface area contributed by atoms with Crippen LogP contribution in [0.2, 0.25) is 0 Å². The van der Waals surface area contributed by atoms with Crippen molar-refractivity contribution >= 4 is 5.69 Å². The Hall–Kier alpha value is -1.29. The average molecular weight is 291 g/mol. The molecule has 1 aromatic heterocycles. The monoisotopic (exact) mass is 291 g/mol. The molecule has 3 unspecified atom stereocenters. The molecule has 2 heterocycles. The first-order valence-electron chi connectivity index (χ1n) is 8.17. The maximum absolute atomic E-state index is 6.34. The predicted octanol–water partition coefficient (Wildman–Crippen LogP) is 3.51. The topological polar surface area (TPSA) is 51.4 Å². The van der Waals surface area contributed by atoms with Crippen molar-refractivity contribution in [2.45, 2.75) is 58.5 Å². The highest BCUT2D eigenvalue weighted by Crippen LogP contribution is 2.37. The summed E-state index contributed by atoms with van der Waals surface area (Å²) in [6, 6.07) is 4.60. The van der Waals surface area contributed by atoms with E-state index >= 15 is 0 Å². The fourth-order valence-corrected chi connectivity index (χ4v) is 3.36. The molecule has 0 radical (unpaired) electrons.